The number of carbonyl (C=O) groups excluding carboxylic acids is 1. The molecular weight excluding hydrogens is 721 g/mol. The number of rotatable bonds is 7. The molecule has 2 unspecified atom stereocenters. The van der Waals surface area contributed by atoms with Crippen molar-refractivity contribution in [3.63, 3.8) is 0 Å². The molecule has 4 saturated heterocycles. The first-order valence-corrected chi connectivity index (χ1v) is 18.1. The molecule has 5 aromatic rings. The van der Waals surface area contributed by atoms with E-state index in [1.54, 1.807) is 4.90 Å². The number of phenolic OH excluding ortho intramolecular Hbond substituents is 1. The lowest BCUT2D eigenvalue weighted by Crippen LogP contribution is -2.56. The number of carbonyl (C=O) groups is 1. The number of halogens is 3. The van der Waals surface area contributed by atoms with Crippen LogP contribution in [0.5, 0.6) is 11.8 Å². The minimum Gasteiger partial charge on any atom is -0.508 e. The van der Waals surface area contributed by atoms with Crippen LogP contribution >= 0.6 is 0 Å². The van der Waals surface area contributed by atoms with Gasteiger partial charge in [-0.2, -0.15) is 9.97 Å². The summed E-state index contributed by atoms with van der Waals surface area (Å²) in [6.07, 6.45) is 8.84. The van der Waals surface area contributed by atoms with Crippen LogP contribution in [0.15, 0.2) is 44.1 Å². The van der Waals surface area contributed by atoms with Gasteiger partial charge in [0.25, 0.3) is 0 Å². The fourth-order valence-corrected chi connectivity index (χ4v) is 9.00. The van der Waals surface area contributed by atoms with Crippen LogP contribution in [-0.4, -0.2) is 92.5 Å². The molecule has 9 rings (SSSR count). The number of terminal acetylenes is 1. The molecule has 55 heavy (non-hydrogen) atoms. The quantitative estimate of drug-likeness (QED) is 0.206. The van der Waals surface area contributed by atoms with E-state index < -0.39 is 35.3 Å². The van der Waals surface area contributed by atoms with E-state index in [0.29, 0.717) is 50.1 Å². The molecule has 0 radical (unpaired) electrons. The molecule has 0 aliphatic carbocycles. The lowest BCUT2D eigenvalue weighted by Gasteiger charge is -2.41. The van der Waals surface area contributed by atoms with Gasteiger partial charge in [-0.3, -0.25) is 14.8 Å². The van der Waals surface area contributed by atoms with E-state index in [9.17, 15) is 23.5 Å². The van der Waals surface area contributed by atoms with Crippen molar-refractivity contribution in [3.8, 4) is 35.4 Å². The molecule has 1 N–H and O–H groups in total. The molecule has 16 heteroatoms. The van der Waals surface area contributed by atoms with Crippen LogP contribution < -0.4 is 15.5 Å². The number of ether oxygens (including phenoxy) is 2. The highest BCUT2D eigenvalue weighted by Crippen LogP contribution is 2.42. The van der Waals surface area contributed by atoms with E-state index in [2.05, 4.69) is 20.8 Å². The Morgan fingerprint density at radius 1 is 1.15 bits per heavy atom. The van der Waals surface area contributed by atoms with Crippen LogP contribution in [0, 0.1) is 30.9 Å². The van der Waals surface area contributed by atoms with E-state index in [0.717, 1.165) is 19.4 Å². The molecule has 0 spiro atoms. The highest BCUT2D eigenvalue weighted by molar-refractivity contribution is 6.03. The van der Waals surface area contributed by atoms with Gasteiger partial charge in [0.2, 0.25) is 0 Å². The van der Waals surface area contributed by atoms with Gasteiger partial charge in [0.1, 0.15) is 41.4 Å². The Balaban J connectivity index is 1.09. The molecule has 284 valence electrons. The summed E-state index contributed by atoms with van der Waals surface area (Å²) in [5, 5.41) is 11.5. The Labute approximate surface area is 311 Å². The maximum atomic E-state index is 17.1. The van der Waals surface area contributed by atoms with Gasteiger partial charge in [0, 0.05) is 43.2 Å². The van der Waals surface area contributed by atoms with Crippen molar-refractivity contribution < 1.29 is 41.4 Å². The number of benzene rings is 2. The van der Waals surface area contributed by atoms with E-state index in [-0.39, 0.29) is 81.7 Å². The lowest BCUT2D eigenvalue weighted by molar-refractivity contribution is 0.0678. The summed E-state index contributed by atoms with van der Waals surface area (Å²) in [5.41, 5.74) is -0.930. The first-order valence-electron chi connectivity index (χ1n) is 18.1. The number of fused-ring (bicyclic) bond motifs is 5. The fraction of sp³-hybridized carbons (Fsp3) is 0.410. The van der Waals surface area contributed by atoms with Crippen molar-refractivity contribution in [2.45, 2.75) is 69.4 Å². The summed E-state index contributed by atoms with van der Waals surface area (Å²) in [6.45, 7) is 3.05. The van der Waals surface area contributed by atoms with E-state index in [1.807, 2.05) is 4.90 Å². The van der Waals surface area contributed by atoms with Crippen LogP contribution in [0.2, 0.25) is 0 Å². The predicted octanol–water partition coefficient (Wildman–Crippen LogP) is 5.61. The van der Waals surface area contributed by atoms with Gasteiger partial charge < -0.3 is 28.3 Å². The Morgan fingerprint density at radius 2 is 1.95 bits per heavy atom. The van der Waals surface area contributed by atoms with Crippen LogP contribution in [0.25, 0.3) is 32.9 Å². The number of pyridine rings is 1. The first-order chi connectivity index (χ1) is 26.5. The molecule has 4 fully saturated rings. The SMILES string of the molecule is C#Cc1c(F)ccc2cc(O)cc(-c3ncc4c(N5CC6CCC(C5)N6C(=O)OCc5oc(=O)oc5C)nc(OC[C@@]56CCCN5C[C@H](F)C6)nc4c3F)c12. The number of alkyl halides is 1. The van der Waals surface area contributed by atoms with Crippen LogP contribution in [0.3, 0.4) is 0 Å². The maximum Gasteiger partial charge on any atom is 0.519 e. The standard InChI is InChI=1S/C39H35F3N6O7/c1-3-26-29(41)8-5-21-11-25(49)12-27(31(21)26)33-32(42)34-28(14-43-33)35(45-36(44-34)53-19-39-9-4-10-47(39)15-22(40)13-39)46-16-23-6-7-24(17-46)48(23)37(50)52-18-30-20(2)54-38(51)55-30/h1,5,8,11-12,14,22-24,49H,4,6-7,9-10,13,15-19H2,2H3/t22-,23?,24?,39+/m1/s1. The molecule has 2 bridgehead atoms. The Morgan fingerprint density at radius 3 is 2.69 bits per heavy atom. The number of aryl methyl sites for hydroxylation is 1. The minimum atomic E-state index is -0.987. The second-order valence-corrected chi connectivity index (χ2v) is 14.7. The summed E-state index contributed by atoms with van der Waals surface area (Å²) >= 11 is 0. The predicted molar refractivity (Wildman–Crippen MR) is 191 cm³/mol. The molecular formula is C39H35F3N6O7. The summed E-state index contributed by atoms with van der Waals surface area (Å²) in [7, 11) is 0. The topological polar surface area (TPSA) is 148 Å². The van der Waals surface area contributed by atoms with E-state index in [4.69, 9.17) is 29.7 Å². The largest absolute Gasteiger partial charge is 0.519 e. The van der Waals surface area contributed by atoms with Crippen molar-refractivity contribution in [3.05, 3.63) is 69.8 Å². The van der Waals surface area contributed by atoms with Crippen molar-refractivity contribution in [2.24, 2.45) is 0 Å². The molecule has 2 aromatic carbocycles. The molecule has 7 heterocycles. The van der Waals surface area contributed by atoms with Crippen LogP contribution in [0.1, 0.15) is 49.2 Å². The van der Waals surface area contributed by atoms with Gasteiger partial charge in [-0.15, -0.1) is 6.42 Å². The Kier molecular flexibility index (Phi) is 8.37. The minimum absolute atomic E-state index is 0.0694. The van der Waals surface area contributed by atoms with Crippen molar-refractivity contribution in [1.82, 2.24) is 24.8 Å². The number of aromatic hydroxyl groups is 1. The highest BCUT2D eigenvalue weighted by atomic mass is 19.1. The van der Waals surface area contributed by atoms with Gasteiger partial charge in [0.05, 0.1) is 28.6 Å². The first kappa shape index (κ1) is 34.9. The third-order valence-electron chi connectivity index (χ3n) is 11.5. The van der Waals surface area contributed by atoms with Gasteiger partial charge >= 0.3 is 17.9 Å². The number of amides is 1. The van der Waals surface area contributed by atoms with Crippen molar-refractivity contribution in [1.29, 1.82) is 0 Å². The maximum absolute atomic E-state index is 17.1. The number of hydrogen-bond acceptors (Lipinski definition) is 12. The smallest absolute Gasteiger partial charge is 0.508 e. The summed E-state index contributed by atoms with van der Waals surface area (Å²) in [6, 6.07) is 4.59. The zero-order valence-electron chi connectivity index (χ0n) is 29.7. The van der Waals surface area contributed by atoms with Gasteiger partial charge in [-0.25, -0.2) is 22.8 Å². The van der Waals surface area contributed by atoms with E-state index in [1.165, 1.54) is 37.4 Å². The normalized spacial score (nSPS) is 23.4. The lowest BCUT2D eigenvalue weighted by atomic mass is 9.95. The second kappa shape index (κ2) is 13.2. The molecule has 4 aliphatic heterocycles. The fourth-order valence-electron chi connectivity index (χ4n) is 9.00. The van der Waals surface area contributed by atoms with Crippen LogP contribution in [-0.2, 0) is 11.3 Å². The summed E-state index contributed by atoms with van der Waals surface area (Å²) in [4.78, 5) is 44.3. The molecule has 1 amide bonds. The van der Waals surface area contributed by atoms with Crippen molar-refractivity contribution >= 4 is 33.6 Å². The molecule has 13 nitrogen and oxygen atoms in total. The average Bonchev–Trinajstić information content (AvgIpc) is 3.87. The second-order valence-electron chi connectivity index (χ2n) is 14.7. The number of nitrogens with zero attached hydrogens (tertiary/aromatic N) is 6. The number of piperazine rings is 1. The highest BCUT2D eigenvalue weighted by Gasteiger charge is 2.50. The third kappa shape index (κ3) is 5.88. The summed E-state index contributed by atoms with van der Waals surface area (Å²) < 4.78 is 68.2. The van der Waals surface area contributed by atoms with Gasteiger partial charge in [0.15, 0.2) is 23.9 Å². The third-order valence-corrected chi connectivity index (χ3v) is 11.5. The zero-order chi connectivity index (χ0) is 38.2. The van der Waals surface area contributed by atoms with E-state index >= 15 is 4.39 Å². The van der Waals surface area contributed by atoms with Crippen LogP contribution in [0.4, 0.5) is 23.8 Å². The zero-order valence-corrected chi connectivity index (χ0v) is 29.7. The number of aromatic nitrogens is 3. The van der Waals surface area contributed by atoms with Crippen molar-refractivity contribution in [2.75, 3.05) is 37.7 Å². The number of phenols is 1. The molecule has 4 atom stereocenters. The monoisotopic (exact) mass is 756 g/mol. The number of hydrogen-bond donors (Lipinski definition) is 1. The van der Waals surface area contributed by atoms with Gasteiger partial charge in [-0.1, -0.05) is 12.0 Å². The number of anilines is 1. The molecule has 3 aromatic heterocycles. The summed E-state index contributed by atoms with van der Waals surface area (Å²) in [5.74, 6) is 0.371. The Bertz CT molecular complexity index is 2470. The Hall–Kier alpha value is -5.82. The molecule has 0 saturated carbocycles. The average molecular weight is 757 g/mol. The van der Waals surface area contributed by atoms with Gasteiger partial charge in [-0.05, 0) is 62.7 Å². The molecule has 4 aliphatic rings.